The number of fused-ring (bicyclic) bond motifs is 1. The number of unbranched alkanes of at least 4 members (excludes halogenated alkanes) is 11. The van der Waals surface area contributed by atoms with Crippen molar-refractivity contribution in [3.8, 4) is 0 Å². The number of anilines is 1. The van der Waals surface area contributed by atoms with Crippen molar-refractivity contribution in [1.82, 2.24) is 19.5 Å². The highest BCUT2D eigenvalue weighted by atomic mass is 31.2. The Morgan fingerprint density at radius 2 is 1.57 bits per heavy atom. The van der Waals surface area contributed by atoms with Crippen molar-refractivity contribution in [3.05, 3.63) is 12.7 Å². The molecule has 2 rings (SSSR count). The predicted molar refractivity (Wildman–Crippen MR) is 157 cm³/mol. The molecular weight excluding hydrogens is 535 g/mol. The topological polar surface area (TPSA) is 192 Å². The minimum Gasteiger partial charge on any atom is -0.390 e. The number of ether oxygens (including phenoxy) is 1. The number of hydrogen-bond acceptors (Lipinski definition) is 10. The van der Waals surface area contributed by atoms with E-state index in [9.17, 15) is 19.7 Å². The van der Waals surface area contributed by atoms with Crippen LogP contribution in [0, 0.1) is 0 Å². The van der Waals surface area contributed by atoms with E-state index in [0.717, 1.165) is 19.3 Å². The van der Waals surface area contributed by atoms with Crippen LogP contribution in [0.2, 0.25) is 0 Å². The molecule has 2 aromatic rings. The van der Waals surface area contributed by atoms with Gasteiger partial charge in [-0.25, -0.2) is 15.0 Å². The molecule has 2 heterocycles. The molecule has 230 valence electrons. The maximum atomic E-state index is 12.4. The zero-order chi connectivity index (χ0) is 29.4. The summed E-state index contributed by atoms with van der Waals surface area (Å²) in [4.78, 5) is 22.4. The minimum atomic E-state index is -4.13. The number of aliphatic hydroxyl groups is 2. The summed E-state index contributed by atoms with van der Waals surface area (Å²) in [5, 5.41) is 20.6. The molecule has 13 heteroatoms. The lowest BCUT2D eigenvalue weighted by Gasteiger charge is -2.25. The van der Waals surface area contributed by atoms with Crippen molar-refractivity contribution in [2.45, 2.75) is 128 Å². The van der Waals surface area contributed by atoms with Gasteiger partial charge in [0, 0.05) is 0 Å². The van der Waals surface area contributed by atoms with E-state index in [1.54, 1.807) is 17.8 Å². The first-order chi connectivity index (χ1) is 19.1. The van der Waals surface area contributed by atoms with Gasteiger partial charge in [0.25, 0.3) is 0 Å². The second kappa shape index (κ2) is 18.7. The highest BCUT2D eigenvalue weighted by Crippen LogP contribution is 2.42. The summed E-state index contributed by atoms with van der Waals surface area (Å²) in [6.07, 6.45) is 14.6. The molecule has 0 aliphatic heterocycles. The molecule has 0 amide bonds. The van der Waals surface area contributed by atoms with Gasteiger partial charge >= 0.3 is 7.60 Å². The Balaban J connectivity index is 1.57. The van der Waals surface area contributed by atoms with Crippen LogP contribution in [0.15, 0.2) is 12.7 Å². The van der Waals surface area contributed by atoms with Crippen LogP contribution in [-0.4, -0.2) is 71.9 Å². The van der Waals surface area contributed by atoms with Gasteiger partial charge in [0.15, 0.2) is 11.5 Å². The Hall–Kier alpha value is -1.66. The van der Waals surface area contributed by atoms with E-state index in [-0.39, 0.29) is 12.4 Å². The van der Waals surface area contributed by atoms with Crippen LogP contribution in [0.5, 0.6) is 0 Å². The summed E-state index contributed by atoms with van der Waals surface area (Å²) in [7, 11) is -4.13. The van der Waals surface area contributed by atoms with Crippen LogP contribution in [0.3, 0.4) is 0 Å². The fourth-order valence-electron chi connectivity index (χ4n) is 4.57. The van der Waals surface area contributed by atoms with Crippen molar-refractivity contribution in [1.29, 1.82) is 0 Å². The summed E-state index contributed by atoms with van der Waals surface area (Å²) < 4.78 is 24.7. The molecular formula is C27H51N6O6P. The Bertz CT molecular complexity index is 1010. The molecule has 0 aliphatic rings. The van der Waals surface area contributed by atoms with Crippen molar-refractivity contribution in [2.24, 2.45) is 5.73 Å². The summed E-state index contributed by atoms with van der Waals surface area (Å²) in [5.74, 6) is 0.267. The Morgan fingerprint density at radius 1 is 0.975 bits per heavy atom. The van der Waals surface area contributed by atoms with Crippen LogP contribution < -0.4 is 11.5 Å². The van der Waals surface area contributed by atoms with Crippen LogP contribution in [0.25, 0.3) is 11.2 Å². The Labute approximate surface area is 238 Å². The molecule has 0 fully saturated rings. The highest BCUT2D eigenvalue weighted by Gasteiger charge is 2.28. The van der Waals surface area contributed by atoms with E-state index in [1.807, 2.05) is 0 Å². The number of rotatable bonds is 23. The standard InChI is InChI=1S/C27H51N6O6P/c1-3-4-5-6-7-8-9-10-11-12-13-14-15-23(34)25(35)22(28)17-39-40(36,37)20-38-21(2)16-33-19-32-24-26(29)30-18-31-27(24)33/h18-19,21-23,25,34-35H,3-17,20,28H2,1-2H3,(H,36,37)(H2,29,30,31)/t21-,22+,23-,25+/m1/s1. The summed E-state index contributed by atoms with van der Waals surface area (Å²) in [6, 6.07) is -1.01. The van der Waals surface area contributed by atoms with Gasteiger partial charge in [-0.05, 0) is 13.3 Å². The second-order valence-electron chi connectivity index (χ2n) is 10.8. The molecule has 0 saturated heterocycles. The van der Waals surface area contributed by atoms with Gasteiger partial charge in [-0.2, -0.15) is 0 Å². The Kier molecular flexibility index (Phi) is 16.2. The molecule has 0 aliphatic carbocycles. The lowest BCUT2D eigenvalue weighted by molar-refractivity contribution is -0.0117. The van der Waals surface area contributed by atoms with E-state index >= 15 is 0 Å². The van der Waals surface area contributed by atoms with Gasteiger partial charge in [0.2, 0.25) is 0 Å². The zero-order valence-electron chi connectivity index (χ0n) is 24.2. The first-order valence-electron chi connectivity index (χ1n) is 14.8. The van der Waals surface area contributed by atoms with Crippen molar-refractivity contribution in [3.63, 3.8) is 0 Å². The molecule has 40 heavy (non-hydrogen) atoms. The van der Waals surface area contributed by atoms with Crippen LogP contribution >= 0.6 is 7.60 Å². The van der Waals surface area contributed by atoms with Gasteiger partial charge < -0.3 is 40.4 Å². The van der Waals surface area contributed by atoms with Gasteiger partial charge in [-0.15, -0.1) is 0 Å². The fraction of sp³-hybridized carbons (Fsp3) is 0.815. The molecule has 0 saturated carbocycles. The normalized spacial score (nSPS) is 16.6. The number of nitrogen functional groups attached to an aromatic ring is 1. The van der Waals surface area contributed by atoms with Gasteiger partial charge in [-0.3, -0.25) is 4.57 Å². The average Bonchev–Trinajstić information content (AvgIpc) is 3.34. The van der Waals surface area contributed by atoms with Gasteiger partial charge in [0.05, 0.1) is 43.8 Å². The summed E-state index contributed by atoms with van der Waals surface area (Å²) in [6.45, 7) is 3.90. The number of imidazole rings is 1. The molecule has 2 aromatic heterocycles. The van der Waals surface area contributed by atoms with Crippen LogP contribution in [-0.2, 0) is 20.4 Å². The monoisotopic (exact) mass is 586 g/mol. The second-order valence-corrected chi connectivity index (χ2v) is 12.6. The summed E-state index contributed by atoms with van der Waals surface area (Å²) in [5.41, 5.74) is 12.7. The van der Waals surface area contributed by atoms with Crippen LogP contribution in [0.4, 0.5) is 5.82 Å². The number of nitrogens with two attached hydrogens (primary N) is 2. The molecule has 0 bridgehead atoms. The largest absolute Gasteiger partial charge is 0.390 e. The number of nitrogens with zero attached hydrogens (tertiary/aromatic N) is 4. The van der Waals surface area contributed by atoms with Crippen LogP contribution in [0.1, 0.15) is 97.3 Å². The third-order valence-corrected chi connectivity index (χ3v) is 8.09. The Morgan fingerprint density at radius 3 is 2.20 bits per heavy atom. The highest BCUT2D eigenvalue weighted by molar-refractivity contribution is 7.52. The van der Waals surface area contributed by atoms with E-state index in [4.69, 9.17) is 20.7 Å². The van der Waals surface area contributed by atoms with Crippen molar-refractivity contribution < 1.29 is 28.9 Å². The first-order valence-corrected chi connectivity index (χ1v) is 16.5. The molecule has 5 atom stereocenters. The number of aliphatic hydroxyl groups excluding tert-OH is 2. The van der Waals surface area contributed by atoms with E-state index in [1.165, 1.54) is 64.1 Å². The lowest BCUT2D eigenvalue weighted by Crippen LogP contribution is -2.45. The SMILES string of the molecule is CCCCCCCCCCCCCC[C@@H](O)[C@@H](O)[C@@H](N)COP(=O)(O)CO[C@H](C)Cn1cnc2c(N)ncnc21. The molecule has 1 unspecified atom stereocenters. The predicted octanol–water partition coefficient (Wildman–Crippen LogP) is 4.11. The quantitative estimate of drug-likeness (QED) is 0.0929. The van der Waals surface area contributed by atoms with Gasteiger partial charge in [0.1, 0.15) is 18.2 Å². The molecule has 0 aromatic carbocycles. The van der Waals surface area contributed by atoms with Crippen molar-refractivity contribution in [2.75, 3.05) is 18.7 Å². The fourth-order valence-corrected chi connectivity index (χ4v) is 5.49. The zero-order valence-corrected chi connectivity index (χ0v) is 25.1. The number of aromatic nitrogens is 4. The molecule has 7 N–H and O–H groups in total. The molecule has 0 spiro atoms. The van der Waals surface area contributed by atoms with E-state index < -0.39 is 38.3 Å². The smallest absolute Gasteiger partial charge is 0.353 e. The number of hydrogen-bond donors (Lipinski definition) is 5. The van der Waals surface area contributed by atoms with Gasteiger partial charge in [-0.1, -0.05) is 84.0 Å². The maximum Gasteiger partial charge on any atom is 0.353 e. The molecule has 12 nitrogen and oxygen atoms in total. The minimum absolute atomic E-state index is 0.267. The first kappa shape index (κ1) is 34.5. The van der Waals surface area contributed by atoms with Crippen molar-refractivity contribution >= 4 is 24.6 Å². The average molecular weight is 587 g/mol. The third kappa shape index (κ3) is 12.9. The molecule has 0 radical (unpaired) electrons. The lowest BCUT2D eigenvalue weighted by atomic mass is 10.00. The van der Waals surface area contributed by atoms with E-state index in [2.05, 4.69) is 21.9 Å². The third-order valence-electron chi connectivity index (χ3n) is 7.06. The van der Waals surface area contributed by atoms with E-state index in [0.29, 0.717) is 24.1 Å². The summed E-state index contributed by atoms with van der Waals surface area (Å²) >= 11 is 0. The maximum absolute atomic E-state index is 12.4.